The fourth-order valence-corrected chi connectivity index (χ4v) is 4.79. The molecule has 22 heavy (non-hydrogen) atoms. The molecule has 1 aliphatic heterocycles. The third kappa shape index (κ3) is 2.39. The van der Waals surface area contributed by atoms with Crippen LogP contribution in [0.1, 0.15) is 25.8 Å². The van der Waals surface area contributed by atoms with E-state index < -0.39 is 10.0 Å². The number of nitrogens with zero attached hydrogens (tertiary/aromatic N) is 1. The van der Waals surface area contributed by atoms with E-state index in [1.807, 2.05) is 17.0 Å². The zero-order chi connectivity index (χ0) is 16.1. The molecule has 0 radical (unpaired) electrons. The maximum absolute atomic E-state index is 11.5. The fraction of sp³-hybridized carbons (Fsp3) is 0.562. The summed E-state index contributed by atoms with van der Waals surface area (Å²) in [6.45, 7) is 5.43. The van der Waals surface area contributed by atoms with Crippen molar-refractivity contribution in [2.45, 2.75) is 25.7 Å². The SMILES string of the molecule is CCC1(c2cccc(NS(C)(=O)=O)c2)C2CN(C(C)=O)CC21. The molecule has 120 valence electrons. The van der Waals surface area contributed by atoms with Gasteiger partial charge in [0.2, 0.25) is 15.9 Å². The number of carbonyl (C=O) groups excluding carboxylic acids is 1. The van der Waals surface area contributed by atoms with Gasteiger partial charge in [0.1, 0.15) is 0 Å². The van der Waals surface area contributed by atoms with Gasteiger partial charge in [0.25, 0.3) is 0 Å². The summed E-state index contributed by atoms with van der Waals surface area (Å²) in [5.41, 5.74) is 1.89. The van der Waals surface area contributed by atoms with E-state index >= 15 is 0 Å². The van der Waals surface area contributed by atoms with Crippen molar-refractivity contribution < 1.29 is 13.2 Å². The van der Waals surface area contributed by atoms with Crippen LogP contribution in [0.4, 0.5) is 5.69 Å². The van der Waals surface area contributed by atoms with E-state index in [-0.39, 0.29) is 11.3 Å². The number of sulfonamides is 1. The minimum Gasteiger partial charge on any atom is -0.342 e. The van der Waals surface area contributed by atoms with Crippen LogP contribution in [0.25, 0.3) is 0 Å². The summed E-state index contributed by atoms with van der Waals surface area (Å²) in [6, 6.07) is 7.69. The molecular weight excluding hydrogens is 300 g/mol. The lowest BCUT2D eigenvalue weighted by atomic mass is 9.87. The van der Waals surface area contributed by atoms with E-state index in [0.717, 1.165) is 25.8 Å². The molecule has 0 bridgehead atoms. The second-order valence-electron chi connectivity index (χ2n) is 6.49. The molecule has 3 rings (SSSR count). The zero-order valence-corrected chi connectivity index (χ0v) is 14.0. The third-order valence-corrected chi connectivity index (χ3v) is 5.87. The van der Waals surface area contributed by atoms with Crippen LogP contribution in [0.15, 0.2) is 24.3 Å². The Morgan fingerprint density at radius 1 is 1.36 bits per heavy atom. The monoisotopic (exact) mass is 322 g/mol. The quantitative estimate of drug-likeness (QED) is 0.919. The van der Waals surface area contributed by atoms with Crippen LogP contribution in [0.2, 0.25) is 0 Å². The van der Waals surface area contributed by atoms with Crippen molar-refractivity contribution in [2.75, 3.05) is 24.1 Å². The normalized spacial score (nSPS) is 30.0. The first-order chi connectivity index (χ1) is 10.3. The van der Waals surface area contributed by atoms with Crippen molar-refractivity contribution in [1.29, 1.82) is 0 Å². The number of hydrogen-bond acceptors (Lipinski definition) is 3. The largest absolute Gasteiger partial charge is 0.342 e. The van der Waals surface area contributed by atoms with Crippen molar-refractivity contribution in [2.24, 2.45) is 11.8 Å². The summed E-state index contributed by atoms with van der Waals surface area (Å²) in [7, 11) is -3.27. The Labute approximate surface area is 131 Å². The summed E-state index contributed by atoms with van der Waals surface area (Å²) < 4.78 is 25.4. The average molecular weight is 322 g/mol. The van der Waals surface area contributed by atoms with Gasteiger partial charge >= 0.3 is 0 Å². The highest BCUT2D eigenvalue weighted by molar-refractivity contribution is 7.92. The number of nitrogens with one attached hydrogen (secondary N) is 1. The first-order valence-corrected chi connectivity index (χ1v) is 9.51. The summed E-state index contributed by atoms with van der Waals surface area (Å²) >= 11 is 0. The van der Waals surface area contributed by atoms with Gasteiger partial charge in [-0.2, -0.15) is 0 Å². The average Bonchev–Trinajstić information content (AvgIpc) is 2.80. The van der Waals surface area contributed by atoms with Gasteiger partial charge in [-0.3, -0.25) is 9.52 Å². The maximum Gasteiger partial charge on any atom is 0.229 e. The van der Waals surface area contributed by atoms with Gasteiger partial charge in [-0.15, -0.1) is 0 Å². The second-order valence-corrected chi connectivity index (χ2v) is 8.23. The molecule has 1 saturated heterocycles. The summed E-state index contributed by atoms with van der Waals surface area (Å²) in [4.78, 5) is 13.4. The molecule has 5 nitrogen and oxygen atoms in total. The lowest BCUT2D eigenvalue weighted by molar-refractivity contribution is -0.128. The number of anilines is 1. The molecule has 2 unspecified atom stereocenters. The molecular formula is C16H22N2O3S. The Bertz CT molecular complexity index is 702. The minimum absolute atomic E-state index is 0.0984. The molecule has 2 atom stereocenters. The standard InChI is InChI=1S/C16H22N2O3S/c1-4-16(14-9-18(11(2)19)10-15(14)16)12-6-5-7-13(8-12)17-22(3,20)21/h5-8,14-15,17H,4,9-10H2,1-3H3. The summed E-state index contributed by atoms with van der Waals surface area (Å²) in [6.07, 6.45) is 2.17. The number of amides is 1. The van der Waals surface area contributed by atoms with E-state index in [2.05, 4.69) is 17.7 Å². The highest BCUT2D eigenvalue weighted by Crippen LogP contribution is 2.65. The number of piperidine rings is 1. The van der Waals surface area contributed by atoms with Crippen LogP contribution in [0.3, 0.4) is 0 Å². The number of likely N-dealkylation sites (tertiary alicyclic amines) is 1. The van der Waals surface area contributed by atoms with Crippen molar-refractivity contribution in [3.05, 3.63) is 29.8 Å². The predicted octanol–water partition coefficient (Wildman–Crippen LogP) is 1.81. The van der Waals surface area contributed by atoms with Crippen molar-refractivity contribution in [1.82, 2.24) is 4.90 Å². The topological polar surface area (TPSA) is 66.5 Å². The number of rotatable bonds is 4. The van der Waals surface area contributed by atoms with Gasteiger partial charge in [-0.05, 0) is 36.0 Å². The van der Waals surface area contributed by atoms with Gasteiger partial charge in [0, 0.05) is 31.1 Å². The van der Waals surface area contributed by atoms with Gasteiger partial charge < -0.3 is 4.90 Å². The Kier molecular flexibility index (Phi) is 3.47. The number of fused-ring (bicyclic) bond motifs is 1. The lowest BCUT2D eigenvalue weighted by Crippen LogP contribution is -2.33. The lowest BCUT2D eigenvalue weighted by Gasteiger charge is -2.26. The number of benzene rings is 1. The van der Waals surface area contributed by atoms with E-state index in [0.29, 0.717) is 17.5 Å². The highest BCUT2D eigenvalue weighted by Gasteiger charge is 2.67. The Hall–Kier alpha value is -1.56. The van der Waals surface area contributed by atoms with Crippen molar-refractivity contribution >= 4 is 21.6 Å². The molecule has 1 aliphatic carbocycles. The first kappa shape index (κ1) is 15.3. The predicted molar refractivity (Wildman–Crippen MR) is 86.1 cm³/mol. The summed E-state index contributed by atoms with van der Waals surface area (Å²) in [5, 5.41) is 0. The molecule has 1 amide bonds. The van der Waals surface area contributed by atoms with Gasteiger partial charge in [0.05, 0.1) is 6.26 Å². The van der Waals surface area contributed by atoms with Crippen molar-refractivity contribution in [3.63, 3.8) is 0 Å². The molecule has 1 heterocycles. The number of hydrogen-bond donors (Lipinski definition) is 1. The summed E-state index contributed by atoms with van der Waals surface area (Å²) in [5.74, 6) is 1.13. The minimum atomic E-state index is -3.27. The molecule has 2 fully saturated rings. The highest BCUT2D eigenvalue weighted by atomic mass is 32.2. The van der Waals surface area contributed by atoms with Crippen LogP contribution in [0.5, 0.6) is 0 Å². The van der Waals surface area contributed by atoms with E-state index in [1.165, 1.54) is 5.56 Å². The molecule has 6 heteroatoms. The molecule has 2 aliphatic rings. The fourth-order valence-electron chi connectivity index (χ4n) is 4.23. The van der Waals surface area contributed by atoms with Crippen LogP contribution in [-0.4, -0.2) is 38.6 Å². The molecule has 0 aromatic heterocycles. The van der Waals surface area contributed by atoms with Crippen LogP contribution in [0, 0.1) is 11.8 Å². The Balaban J connectivity index is 1.85. The van der Waals surface area contributed by atoms with E-state index in [9.17, 15) is 13.2 Å². The first-order valence-electron chi connectivity index (χ1n) is 7.62. The van der Waals surface area contributed by atoms with Gasteiger partial charge in [-0.1, -0.05) is 19.1 Å². The van der Waals surface area contributed by atoms with E-state index in [4.69, 9.17) is 0 Å². The smallest absolute Gasteiger partial charge is 0.229 e. The van der Waals surface area contributed by atoms with Crippen LogP contribution < -0.4 is 4.72 Å². The second kappa shape index (κ2) is 4.98. The third-order valence-electron chi connectivity index (χ3n) is 5.27. The maximum atomic E-state index is 11.5. The molecule has 1 saturated carbocycles. The van der Waals surface area contributed by atoms with Crippen molar-refractivity contribution in [3.8, 4) is 0 Å². The Morgan fingerprint density at radius 3 is 2.50 bits per heavy atom. The number of carbonyl (C=O) groups is 1. The Morgan fingerprint density at radius 2 is 2.00 bits per heavy atom. The van der Waals surface area contributed by atoms with Crippen LogP contribution >= 0.6 is 0 Å². The molecule has 1 aromatic carbocycles. The molecule has 1 aromatic rings. The zero-order valence-electron chi connectivity index (χ0n) is 13.2. The van der Waals surface area contributed by atoms with E-state index in [1.54, 1.807) is 13.0 Å². The molecule has 1 N–H and O–H groups in total. The molecule has 0 spiro atoms. The van der Waals surface area contributed by atoms with Gasteiger partial charge in [-0.25, -0.2) is 8.42 Å². The van der Waals surface area contributed by atoms with Crippen LogP contribution in [-0.2, 0) is 20.2 Å². The van der Waals surface area contributed by atoms with Gasteiger partial charge in [0.15, 0.2) is 0 Å².